The highest BCUT2D eigenvalue weighted by atomic mass is 16.2. The Balaban J connectivity index is 1.39. The van der Waals surface area contributed by atoms with E-state index < -0.39 is 0 Å². The summed E-state index contributed by atoms with van der Waals surface area (Å²) in [7, 11) is 2.16. The third-order valence-electron chi connectivity index (χ3n) is 7.87. The summed E-state index contributed by atoms with van der Waals surface area (Å²) in [4.78, 5) is 40.4. The first kappa shape index (κ1) is 24.5. The summed E-state index contributed by atoms with van der Waals surface area (Å²) in [5, 5.41) is 6.29. The highest BCUT2D eigenvalue weighted by Gasteiger charge is 2.30. The van der Waals surface area contributed by atoms with Gasteiger partial charge in [-0.25, -0.2) is 4.98 Å². The van der Waals surface area contributed by atoms with Crippen LogP contribution in [-0.2, 0) is 16.0 Å². The molecule has 1 aromatic carbocycles. The van der Waals surface area contributed by atoms with E-state index in [1.54, 1.807) is 11.1 Å². The summed E-state index contributed by atoms with van der Waals surface area (Å²) in [6.07, 6.45) is 8.20. The van der Waals surface area contributed by atoms with Crippen LogP contribution in [0.4, 0.5) is 23.1 Å². The first-order valence-electron chi connectivity index (χ1n) is 13.2. The molecule has 3 aliphatic rings. The van der Waals surface area contributed by atoms with Gasteiger partial charge in [-0.3, -0.25) is 14.5 Å². The number of amides is 2. The molecule has 2 saturated heterocycles. The second-order valence-electron chi connectivity index (χ2n) is 10.4. The third kappa shape index (κ3) is 5.31. The molecule has 2 amide bonds. The van der Waals surface area contributed by atoms with Crippen molar-refractivity contribution < 1.29 is 9.59 Å². The van der Waals surface area contributed by atoms with E-state index in [0.29, 0.717) is 24.7 Å². The fourth-order valence-corrected chi connectivity index (χ4v) is 5.59. The Morgan fingerprint density at radius 2 is 1.94 bits per heavy atom. The summed E-state index contributed by atoms with van der Waals surface area (Å²) in [5.74, 6) is 1.05. The minimum Gasteiger partial charge on any atom is -0.369 e. The quantitative estimate of drug-likeness (QED) is 0.549. The van der Waals surface area contributed by atoms with Crippen LogP contribution in [0.25, 0.3) is 0 Å². The number of benzene rings is 1. The van der Waals surface area contributed by atoms with Gasteiger partial charge in [0.1, 0.15) is 5.82 Å². The van der Waals surface area contributed by atoms with Crippen LogP contribution in [0.5, 0.6) is 0 Å². The molecule has 3 heterocycles. The molecule has 1 atom stereocenters. The summed E-state index contributed by atoms with van der Waals surface area (Å²) in [6.45, 7) is 6.98. The van der Waals surface area contributed by atoms with Crippen LogP contribution >= 0.6 is 0 Å². The monoisotopic (exact) mass is 491 g/mol. The van der Waals surface area contributed by atoms with Gasteiger partial charge in [0.05, 0.1) is 0 Å². The minimum atomic E-state index is -0.104. The van der Waals surface area contributed by atoms with Crippen molar-refractivity contribution in [1.82, 2.24) is 20.2 Å². The molecule has 1 aromatic heterocycles. The summed E-state index contributed by atoms with van der Waals surface area (Å²) in [6, 6.07) is 6.58. The molecule has 1 saturated carbocycles. The normalized spacial score (nSPS) is 21.0. The smallest absolute Gasteiger partial charge is 0.229 e. The van der Waals surface area contributed by atoms with Crippen LogP contribution < -0.4 is 20.4 Å². The average Bonchev–Trinajstić information content (AvgIpc) is 3.55. The number of nitrogens with zero attached hydrogens (tertiary/aromatic N) is 5. The van der Waals surface area contributed by atoms with Gasteiger partial charge in [0.25, 0.3) is 0 Å². The Labute approximate surface area is 213 Å². The number of anilines is 4. The molecule has 0 spiro atoms. The maximum atomic E-state index is 12.2. The lowest BCUT2D eigenvalue weighted by Crippen LogP contribution is -2.44. The Morgan fingerprint density at radius 3 is 2.61 bits per heavy atom. The lowest BCUT2D eigenvalue weighted by molar-refractivity contribution is -0.122. The number of piperazine rings is 1. The van der Waals surface area contributed by atoms with Crippen molar-refractivity contribution in [2.75, 3.05) is 54.9 Å². The van der Waals surface area contributed by atoms with E-state index in [-0.39, 0.29) is 17.9 Å². The second kappa shape index (κ2) is 10.8. The van der Waals surface area contributed by atoms with Crippen LogP contribution in [0.3, 0.4) is 0 Å². The van der Waals surface area contributed by atoms with Crippen molar-refractivity contribution in [3.8, 4) is 0 Å². The zero-order valence-electron chi connectivity index (χ0n) is 21.4. The largest absolute Gasteiger partial charge is 0.369 e. The maximum absolute atomic E-state index is 12.2. The fraction of sp³-hybridized carbons (Fsp3) is 0.556. The first-order valence-corrected chi connectivity index (χ1v) is 13.2. The van der Waals surface area contributed by atoms with E-state index in [1.165, 1.54) is 5.69 Å². The number of aromatic nitrogens is 2. The van der Waals surface area contributed by atoms with Gasteiger partial charge in [-0.1, -0.05) is 12.8 Å². The molecule has 9 nitrogen and oxygen atoms in total. The molecule has 5 rings (SSSR count). The molecule has 36 heavy (non-hydrogen) atoms. The molecule has 2 aromatic rings. The zero-order valence-corrected chi connectivity index (χ0v) is 21.4. The number of carbonyl (C=O) groups excluding carboxylic acids is 2. The molecular weight excluding hydrogens is 454 g/mol. The summed E-state index contributed by atoms with van der Waals surface area (Å²) >= 11 is 0. The van der Waals surface area contributed by atoms with E-state index in [4.69, 9.17) is 4.98 Å². The SMILES string of the molecule is Cc1cc(N2CCN(C)CC2)ccc1Nc1ncc(CC2CCNC2=O)c(N(C=O)C2CCCC2)n1. The third-order valence-corrected chi connectivity index (χ3v) is 7.87. The van der Waals surface area contributed by atoms with Crippen molar-refractivity contribution in [3.05, 3.63) is 35.5 Å². The lowest BCUT2D eigenvalue weighted by Gasteiger charge is -2.34. The molecule has 1 aliphatic carbocycles. The fourth-order valence-electron chi connectivity index (χ4n) is 5.59. The van der Waals surface area contributed by atoms with Gasteiger partial charge in [-0.15, -0.1) is 0 Å². The van der Waals surface area contributed by atoms with Crippen LogP contribution in [0.1, 0.15) is 43.2 Å². The number of carbonyl (C=O) groups is 2. The average molecular weight is 492 g/mol. The number of hydrogen-bond donors (Lipinski definition) is 2. The summed E-state index contributed by atoms with van der Waals surface area (Å²) < 4.78 is 0. The Hall–Kier alpha value is -3.20. The van der Waals surface area contributed by atoms with Crippen molar-refractivity contribution in [2.24, 2.45) is 5.92 Å². The molecule has 0 bridgehead atoms. The molecule has 3 fully saturated rings. The highest BCUT2D eigenvalue weighted by Crippen LogP contribution is 2.32. The van der Waals surface area contributed by atoms with Crippen molar-refractivity contribution >= 4 is 35.5 Å². The van der Waals surface area contributed by atoms with Crippen LogP contribution in [0.2, 0.25) is 0 Å². The Kier molecular flexibility index (Phi) is 7.36. The minimum absolute atomic E-state index is 0.0673. The van der Waals surface area contributed by atoms with Gasteiger partial charge in [0.2, 0.25) is 18.3 Å². The van der Waals surface area contributed by atoms with Gasteiger partial charge in [0.15, 0.2) is 0 Å². The molecule has 9 heteroatoms. The van der Waals surface area contributed by atoms with Crippen molar-refractivity contribution in [3.63, 3.8) is 0 Å². The molecule has 192 valence electrons. The number of nitrogens with one attached hydrogen (secondary N) is 2. The van der Waals surface area contributed by atoms with E-state index in [0.717, 1.165) is 81.5 Å². The van der Waals surface area contributed by atoms with E-state index >= 15 is 0 Å². The molecule has 2 aliphatic heterocycles. The molecule has 0 radical (unpaired) electrons. The van der Waals surface area contributed by atoms with Gasteiger partial charge >= 0.3 is 0 Å². The second-order valence-corrected chi connectivity index (χ2v) is 10.4. The number of hydrogen-bond acceptors (Lipinski definition) is 7. The zero-order chi connectivity index (χ0) is 25.1. The number of likely N-dealkylation sites (N-methyl/N-ethyl adjacent to an activating group) is 1. The van der Waals surface area contributed by atoms with Crippen LogP contribution in [0.15, 0.2) is 24.4 Å². The van der Waals surface area contributed by atoms with Crippen molar-refractivity contribution in [2.45, 2.75) is 51.5 Å². The Morgan fingerprint density at radius 1 is 1.17 bits per heavy atom. The number of rotatable bonds is 8. The highest BCUT2D eigenvalue weighted by molar-refractivity contribution is 5.82. The van der Waals surface area contributed by atoms with Gasteiger partial charge < -0.3 is 20.4 Å². The maximum Gasteiger partial charge on any atom is 0.229 e. The van der Waals surface area contributed by atoms with E-state index in [9.17, 15) is 9.59 Å². The predicted octanol–water partition coefficient (Wildman–Crippen LogP) is 2.86. The van der Waals surface area contributed by atoms with Gasteiger partial charge in [0, 0.05) is 67.8 Å². The predicted molar refractivity (Wildman–Crippen MR) is 142 cm³/mol. The molecule has 1 unspecified atom stereocenters. The molecule has 2 N–H and O–H groups in total. The first-order chi connectivity index (χ1) is 17.5. The Bertz CT molecular complexity index is 1090. The number of aryl methyl sites for hydroxylation is 1. The van der Waals surface area contributed by atoms with E-state index in [2.05, 4.69) is 57.6 Å². The van der Waals surface area contributed by atoms with Crippen molar-refractivity contribution in [1.29, 1.82) is 0 Å². The topological polar surface area (TPSA) is 93.7 Å². The molecular formula is C27H37N7O2. The van der Waals surface area contributed by atoms with Crippen LogP contribution in [0, 0.1) is 12.8 Å². The van der Waals surface area contributed by atoms with Gasteiger partial charge in [-0.2, -0.15) is 4.98 Å². The standard InChI is InChI=1S/C27H37N7O2/c1-19-15-23(33-13-11-32(2)12-14-33)7-8-24(19)30-27-29-17-21(16-20-9-10-28-26(20)36)25(31-27)34(18-35)22-5-3-4-6-22/h7-8,15,17-18,20,22H,3-6,9-14,16H2,1-2H3,(H,28,36)(H,29,30,31). The lowest BCUT2D eigenvalue weighted by atomic mass is 9.99. The van der Waals surface area contributed by atoms with Gasteiger partial charge in [-0.05, 0) is 63.4 Å². The van der Waals surface area contributed by atoms with Crippen LogP contribution in [-0.4, -0.2) is 73.0 Å². The van der Waals surface area contributed by atoms with E-state index in [1.807, 2.05) is 0 Å². The summed E-state index contributed by atoms with van der Waals surface area (Å²) in [5.41, 5.74) is 4.14.